The van der Waals surface area contributed by atoms with E-state index in [2.05, 4.69) is 15.9 Å². The summed E-state index contributed by atoms with van der Waals surface area (Å²) in [6.45, 7) is 0. The number of hydrogen-bond acceptors (Lipinski definition) is 2. The predicted octanol–water partition coefficient (Wildman–Crippen LogP) is 2.69. The lowest BCUT2D eigenvalue weighted by atomic mass is 10.2. The van der Waals surface area contributed by atoms with Crippen LogP contribution in [0.1, 0.15) is 5.76 Å². The Kier molecular flexibility index (Phi) is 2.60. The summed E-state index contributed by atoms with van der Waals surface area (Å²) in [7, 11) is 0. The van der Waals surface area contributed by atoms with E-state index in [1.54, 1.807) is 6.08 Å². The average Bonchev–Trinajstić information content (AvgIpc) is 2.56. The van der Waals surface area contributed by atoms with Crippen LogP contribution in [0, 0.1) is 0 Å². The summed E-state index contributed by atoms with van der Waals surface area (Å²) in [6, 6.07) is 7.55. The molecular weight excluding hydrogens is 258 g/mol. The lowest BCUT2D eigenvalue weighted by Gasteiger charge is -1.87. The Balaban J connectivity index is 2.43. The van der Waals surface area contributed by atoms with Gasteiger partial charge in [0.25, 0.3) is 0 Å². The molecule has 0 aliphatic heterocycles. The summed E-state index contributed by atoms with van der Waals surface area (Å²) >= 11 is 3.37. The molecule has 1 aromatic heterocycles. The zero-order valence-electron chi connectivity index (χ0n) is 7.74. The van der Waals surface area contributed by atoms with Crippen molar-refractivity contribution in [2.75, 3.05) is 0 Å². The van der Waals surface area contributed by atoms with Gasteiger partial charge in [-0.15, -0.1) is 0 Å². The smallest absolute Gasteiger partial charge is 0.241 e. The second-order valence-corrected chi connectivity index (χ2v) is 3.98. The van der Waals surface area contributed by atoms with Crippen molar-refractivity contribution in [3.05, 3.63) is 40.6 Å². The number of fused-ring (bicyclic) bond motifs is 1. The molecule has 0 aliphatic carbocycles. The van der Waals surface area contributed by atoms with E-state index in [4.69, 9.17) is 10.2 Å². The molecule has 3 nitrogen and oxygen atoms in total. The number of halogens is 1. The van der Waals surface area contributed by atoms with Gasteiger partial charge in [0.15, 0.2) is 0 Å². The van der Waals surface area contributed by atoms with Crippen LogP contribution in [0.3, 0.4) is 0 Å². The van der Waals surface area contributed by atoms with Crippen molar-refractivity contribution in [1.82, 2.24) is 0 Å². The number of primary amides is 1. The highest BCUT2D eigenvalue weighted by Crippen LogP contribution is 2.23. The van der Waals surface area contributed by atoms with E-state index in [1.165, 1.54) is 6.08 Å². The molecule has 0 atom stereocenters. The molecule has 2 rings (SSSR count). The number of hydrogen-bond donors (Lipinski definition) is 1. The fourth-order valence-corrected chi connectivity index (χ4v) is 1.66. The molecule has 1 amide bonds. The summed E-state index contributed by atoms with van der Waals surface area (Å²) in [6.07, 6.45) is 2.82. The molecule has 4 heteroatoms. The predicted molar refractivity (Wildman–Crippen MR) is 62.1 cm³/mol. The molecule has 2 N–H and O–H groups in total. The van der Waals surface area contributed by atoms with Crippen LogP contribution in [0.15, 0.2) is 39.2 Å². The summed E-state index contributed by atoms with van der Waals surface area (Å²) in [5.41, 5.74) is 5.76. The first kappa shape index (κ1) is 9.98. The van der Waals surface area contributed by atoms with Crippen molar-refractivity contribution in [2.24, 2.45) is 5.73 Å². The largest absolute Gasteiger partial charge is 0.457 e. The van der Waals surface area contributed by atoms with Gasteiger partial charge in [0.2, 0.25) is 5.91 Å². The highest BCUT2D eigenvalue weighted by Gasteiger charge is 2.01. The molecule has 1 heterocycles. The van der Waals surface area contributed by atoms with Gasteiger partial charge >= 0.3 is 0 Å². The maximum Gasteiger partial charge on any atom is 0.241 e. The van der Waals surface area contributed by atoms with E-state index >= 15 is 0 Å². The van der Waals surface area contributed by atoms with Crippen LogP contribution in [0.5, 0.6) is 0 Å². The minimum atomic E-state index is -0.489. The molecule has 0 aliphatic rings. The van der Waals surface area contributed by atoms with Gasteiger partial charge in [-0.1, -0.05) is 15.9 Å². The van der Waals surface area contributed by atoms with Crippen LogP contribution < -0.4 is 5.73 Å². The first-order chi connectivity index (χ1) is 7.15. The molecule has 76 valence electrons. The maximum atomic E-state index is 10.5. The fraction of sp³-hybridized carbons (Fsp3) is 0. The molecule has 1 aromatic carbocycles. The van der Waals surface area contributed by atoms with Crippen molar-refractivity contribution in [3.8, 4) is 0 Å². The lowest BCUT2D eigenvalue weighted by molar-refractivity contribution is -0.113. The SMILES string of the molecule is NC(=O)/C=C/c1cc2cc(Br)ccc2o1. The zero-order valence-corrected chi connectivity index (χ0v) is 9.32. The number of carbonyl (C=O) groups excluding carboxylic acids is 1. The molecule has 0 fully saturated rings. The Morgan fingerprint density at radius 2 is 2.20 bits per heavy atom. The molecule has 0 spiro atoms. The standard InChI is InChI=1S/C11H8BrNO2/c12-8-1-3-10-7(5-8)6-9(15-10)2-4-11(13)14/h1-6H,(H2,13,14)/b4-2+. The van der Waals surface area contributed by atoms with Gasteiger partial charge in [0.1, 0.15) is 11.3 Å². The minimum absolute atomic E-state index is 0.489. The van der Waals surface area contributed by atoms with Gasteiger partial charge in [-0.25, -0.2) is 0 Å². The fourth-order valence-electron chi connectivity index (χ4n) is 1.28. The third kappa shape index (κ3) is 2.27. The van der Waals surface area contributed by atoms with E-state index < -0.39 is 5.91 Å². The third-order valence-corrected chi connectivity index (χ3v) is 2.40. The number of nitrogens with two attached hydrogens (primary N) is 1. The maximum absolute atomic E-state index is 10.5. The minimum Gasteiger partial charge on any atom is -0.457 e. The number of carbonyl (C=O) groups is 1. The van der Waals surface area contributed by atoms with E-state index in [0.29, 0.717) is 5.76 Å². The quantitative estimate of drug-likeness (QED) is 0.849. The summed E-state index contributed by atoms with van der Waals surface area (Å²) < 4.78 is 6.45. The lowest BCUT2D eigenvalue weighted by Crippen LogP contribution is -2.04. The molecule has 0 saturated heterocycles. The number of rotatable bonds is 2. The molecule has 0 bridgehead atoms. The first-order valence-electron chi connectivity index (χ1n) is 4.32. The van der Waals surface area contributed by atoms with Gasteiger partial charge in [0, 0.05) is 15.9 Å². The zero-order chi connectivity index (χ0) is 10.8. The third-order valence-electron chi connectivity index (χ3n) is 1.91. The van der Waals surface area contributed by atoms with Gasteiger partial charge in [-0.3, -0.25) is 4.79 Å². The Morgan fingerprint density at radius 3 is 2.93 bits per heavy atom. The van der Waals surface area contributed by atoms with Crippen molar-refractivity contribution < 1.29 is 9.21 Å². The van der Waals surface area contributed by atoms with Crippen molar-refractivity contribution in [2.45, 2.75) is 0 Å². The second kappa shape index (κ2) is 3.90. The summed E-state index contributed by atoms with van der Waals surface area (Å²) in [4.78, 5) is 10.5. The van der Waals surface area contributed by atoms with Gasteiger partial charge in [0.05, 0.1) is 0 Å². The summed E-state index contributed by atoms with van der Waals surface area (Å²) in [5, 5.41) is 0.980. The van der Waals surface area contributed by atoms with Crippen molar-refractivity contribution in [3.63, 3.8) is 0 Å². The van der Waals surface area contributed by atoms with E-state index in [0.717, 1.165) is 15.4 Å². The summed E-state index contributed by atoms with van der Waals surface area (Å²) in [5.74, 6) is 0.124. The number of benzene rings is 1. The highest BCUT2D eigenvalue weighted by molar-refractivity contribution is 9.10. The van der Waals surface area contributed by atoms with Gasteiger partial charge < -0.3 is 10.2 Å². The molecule has 15 heavy (non-hydrogen) atoms. The number of furan rings is 1. The first-order valence-corrected chi connectivity index (χ1v) is 5.11. The molecule has 0 saturated carbocycles. The van der Waals surface area contributed by atoms with Gasteiger partial charge in [-0.2, -0.15) is 0 Å². The Labute approximate surface area is 94.7 Å². The highest BCUT2D eigenvalue weighted by atomic mass is 79.9. The number of amides is 1. The molecule has 0 radical (unpaired) electrons. The monoisotopic (exact) mass is 265 g/mol. The topological polar surface area (TPSA) is 56.2 Å². The molecule has 0 unspecified atom stereocenters. The van der Waals surface area contributed by atoms with E-state index in [1.807, 2.05) is 24.3 Å². The van der Waals surface area contributed by atoms with Crippen LogP contribution >= 0.6 is 15.9 Å². The molecular formula is C11H8BrNO2. The molecule has 2 aromatic rings. The van der Waals surface area contributed by atoms with Crippen LogP contribution in [0.4, 0.5) is 0 Å². The normalized spacial score (nSPS) is 11.3. The Bertz CT molecular complexity index is 543. The van der Waals surface area contributed by atoms with Crippen LogP contribution in [-0.2, 0) is 4.79 Å². The van der Waals surface area contributed by atoms with E-state index in [-0.39, 0.29) is 0 Å². The van der Waals surface area contributed by atoms with Crippen LogP contribution in [-0.4, -0.2) is 5.91 Å². The van der Waals surface area contributed by atoms with Crippen molar-refractivity contribution in [1.29, 1.82) is 0 Å². The van der Waals surface area contributed by atoms with Crippen LogP contribution in [0.2, 0.25) is 0 Å². The average molecular weight is 266 g/mol. The van der Waals surface area contributed by atoms with Gasteiger partial charge in [-0.05, 0) is 30.3 Å². The second-order valence-electron chi connectivity index (χ2n) is 3.07. The van der Waals surface area contributed by atoms with E-state index in [9.17, 15) is 4.79 Å². The Hall–Kier alpha value is -1.55. The Morgan fingerprint density at radius 1 is 1.40 bits per heavy atom. The van der Waals surface area contributed by atoms with Crippen molar-refractivity contribution >= 4 is 38.9 Å². The van der Waals surface area contributed by atoms with Crippen LogP contribution in [0.25, 0.3) is 17.0 Å².